The van der Waals surface area contributed by atoms with E-state index in [0.717, 1.165) is 24.8 Å². The molecule has 1 fully saturated rings. The fraction of sp³-hybridized carbons (Fsp3) is 0.500. The molecule has 1 amide bonds. The molecule has 1 aromatic carbocycles. The minimum Gasteiger partial charge on any atom is -0.465 e. The molecule has 122 valence electrons. The Balaban J connectivity index is 0.00000242. The van der Waals surface area contributed by atoms with Crippen molar-refractivity contribution in [3.63, 3.8) is 0 Å². The van der Waals surface area contributed by atoms with Crippen molar-refractivity contribution in [3.8, 4) is 0 Å². The molecule has 1 aromatic rings. The number of methoxy groups -OCH3 is 1. The summed E-state index contributed by atoms with van der Waals surface area (Å²) in [5.41, 5.74) is 7.33. The van der Waals surface area contributed by atoms with Gasteiger partial charge in [-0.25, -0.2) is 4.79 Å². The van der Waals surface area contributed by atoms with Gasteiger partial charge in [-0.3, -0.25) is 4.79 Å². The number of rotatable bonds is 3. The summed E-state index contributed by atoms with van der Waals surface area (Å²) in [6.45, 7) is 1.88. The lowest BCUT2D eigenvalue weighted by Crippen LogP contribution is -2.52. The van der Waals surface area contributed by atoms with E-state index in [1.54, 1.807) is 18.2 Å². The van der Waals surface area contributed by atoms with Crippen LogP contribution in [0, 0.1) is 6.92 Å². The standard InChI is InChI=1S/C16H22N2O3.ClH/c1-11-6-7-12(14(19)21-2)10-13(11)18-15(20)16(17)8-4-3-5-9-16;/h6-7,10H,3-5,8-9,17H2,1-2H3,(H,18,20);1H. The molecule has 0 aliphatic heterocycles. The van der Waals surface area contributed by atoms with Crippen LogP contribution in [-0.2, 0) is 9.53 Å². The first-order chi connectivity index (χ1) is 9.96. The number of hydrogen-bond acceptors (Lipinski definition) is 4. The predicted molar refractivity (Wildman–Crippen MR) is 88.4 cm³/mol. The maximum atomic E-state index is 12.4. The molecule has 0 bridgehead atoms. The second kappa shape index (κ2) is 7.61. The zero-order chi connectivity index (χ0) is 15.5. The Morgan fingerprint density at radius 1 is 1.23 bits per heavy atom. The first-order valence-electron chi connectivity index (χ1n) is 7.25. The van der Waals surface area contributed by atoms with Crippen LogP contribution in [0.25, 0.3) is 0 Å². The number of anilines is 1. The van der Waals surface area contributed by atoms with Crippen LogP contribution in [0.15, 0.2) is 18.2 Å². The van der Waals surface area contributed by atoms with Crippen LogP contribution in [0.4, 0.5) is 5.69 Å². The van der Waals surface area contributed by atoms with E-state index < -0.39 is 11.5 Å². The van der Waals surface area contributed by atoms with Gasteiger partial charge in [0.25, 0.3) is 0 Å². The van der Waals surface area contributed by atoms with E-state index in [2.05, 4.69) is 5.32 Å². The fourth-order valence-electron chi connectivity index (χ4n) is 2.66. The number of nitrogens with two attached hydrogens (primary N) is 1. The zero-order valence-electron chi connectivity index (χ0n) is 13.0. The summed E-state index contributed by atoms with van der Waals surface area (Å²) in [5, 5.41) is 2.87. The predicted octanol–water partition coefficient (Wildman–Crippen LogP) is 2.80. The summed E-state index contributed by atoms with van der Waals surface area (Å²) in [6.07, 6.45) is 4.49. The molecular formula is C16H23ClN2O3. The Morgan fingerprint density at radius 2 is 1.86 bits per heavy atom. The van der Waals surface area contributed by atoms with Gasteiger partial charge in [0.2, 0.25) is 5.91 Å². The Bertz CT molecular complexity index is 554. The van der Waals surface area contributed by atoms with Gasteiger partial charge >= 0.3 is 5.97 Å². The minimum atomic E-state index is -0.800. The number of aryl methyl sites for hydroxylation is 1. The van der Waals surface area contributed by atoms with Gasteiger partial charge < -0.3 is 15.8 Å². The van der Waals surface area contributed by atoms with E-state index >= 15 is 0 Å². The van der Waals surface area contributed by atoms with Gasteiger partial charge in [-0.1, -0.05) is 25.3 Å². The Labute approximate surface area is 137 Å². The third-order valence-electron chi connectivity index (χ3n) is 4.10. The average Bonchev–Trinajstić information content (AvgIpc) is 2.49. The van der Waals surface area contributed by atoms with Crippen molar-refractivity contribution >= 4 is 30.0 Å². The summed E-state index contributed by atoms with van der Waals surface area (Å²) in [4.78, 5) is 24.0. The van der Waals surface area contributed by atoms with E-state index in [-0.39, 0.29) is 18.3 Å². The summed E-state index contributed by atoms with van der Waals surface area (Å²) in [6, 6.07) is 5.09. The van der Waals surface area contributed by atoms with Crippen molar-refractivity contribution in [2.24, 2.45) is 5.73 Å². The molecule has 1 aliphatic rings. The highest BCUT2D eigenvalue weighted by atomic mass is 35.5. The second-order valence-corrected chi connectivity index (χ2v) is 5.69. The molecule has 0 radical (unpaired) electrons. The molecule has 6 heteroatoms. The lowest BCUT2D eigenvalue weighted by atomic mass is 9.82. The normalized spacial score (nSPS) is 16.3. The van der Waals surface area contributed by atoms with Gasteiger partial charge in [0.05, 0.1) is 18.2 Å². The van der Waals surface area contributed by atoms with Gasteiger partial charge in [-0.15, -0.1) is 12.4 Å². The maximum absolute atomic E-state index is 12.4. The number of benzene rings is 1. The Kier molecular flexibility index (Phi) is 6.38. The Morgan fingerprint density at radius 3 is 2.45 bits per heavy atom. The topological polar surface area (TPSA) is 81.4 Å². The van der Waals surface area contributed by atoms with Crippen LogP contribution in [0.3, 0.4) is 0 Å². The quantitative estimate of drug-likeness (QED) is 0.837. The van der Waals surface area contributed by atoms with E-state index in [1.165, 1.54) is 7.11 Å². The second-order valence-electron chi connectivity index (χ2n) is 5.69. The highest BCUT2D eigenvalue weighted by molar-refractivity contribution is 6.00. The maximum Gasteiger partial charge on any atom is 0.337 e. The van der Waals surface area contributed by atoms with Crippen LogP contribution in [0.2, 0.25) is 0 Å². The number of hydrogen-bond donors (Lipinski definition) is 2. The van der Waals surface area contributed by atoms with Crippen LogP contribution in [0.1, 0.15) is 48.0 Å². The molecular weight excluding hydrogens is 304 g/mol. The van der Waals surface area contributed by atoms with E-state index in [9.17, 15) is 9.59 Å². The van der Waals surface area contributed by atoms with Gasteiger partial charge in [-0.2, -0.15) is 0 Å². The largest absolute Gasteiger partial charge is 0.465 e. The molecule has 1 aliphatic carbocycles. The molecule has 1 saturated carbocycles. The number of esters is 1. The van der Waals surface area contributed by atoms with Crippen LogP contribution >= 0.6 is 12.4 Å². The molecule has 2 rings (SSSR count). The first-order valence-corrected chi connectivity index (χ1v) is 7.25. The molecule has 0 saturated heterocycles. The first kappa shape index (κ1) is 18.5. The molecule has 0 heterocycles. The van der Waals surface area contributed by atoms with Crippen LogP contribution < -0.4 is 11.1 Å². The summed E-state index contributed by atoms with van der Waals surface area (Å²) < 4.78 is 4.70. The van der Waals surface area contributed by atoms with Crippen molar-refractivity contribution in [1.29, 1.82) is 0 Å². The minimum absolute atomic E-state index is 0. The van der Waals surface area contributed by atoms with E-state index in [1.807, 2.05) is 6.92 Å². The number of nitrogens with one attached hydrogen (secondary N) is 1. The Hall–Kier alpha value is -1.59. The highest BCUT2D eigenvalue weighted by Crippen LogP contribution is 2.28. The van der Waals surface area contributed by atoms with Crippen LogP contribution in [-0.4, -0.2) is 24.5 Å². The number of carbonyl (C=O) groups excluding carboxylic acids is 2. The van der Waals surface area contributed by atoms with Crippen molar-refractivity contribution < 1.29 is 14.3 Å². The smallest absolute Gasteiger partial charge is 0.337 e. The van der Waals surface area contributed by atoms with Crippen LogP contribution in [0.5, 0.6) is 0 Å². The van der Waals surface area contributed by atoms with Gasteiger partial charge in [0, 0.05) is 5.69 Å². The lowest BCUT2D eigenvalue weighted by Gasteiger charge is -2.32. The summed E-state index contributed by atoms with van der Waals surface area (Å²) in [5.74, 6) is -0.599. The van der Waals surface area contributed by atoms with Crippen molar-refractivity contribution in [1.82, 2.24) is 0 Å². The molecule has 0 atom stereocenters. The van der Waals surface area contributed by atoms with Crippen molar-refractivity contribution in [2.75, 3.05) is 12.4 Å². The van der Waals surface area contributed by atoms with E-state index in [4.69, 9.17) is 10.5 Å². The number of carbonyl (C=O) groups is 2. The lowest BCUT2D eigenvalue weighted by molar-refractivity contribution is -0.122. The van der Waals surface area contributed by atoms with E-state index in [0.29, 0.717) is 24.1 Å². The SMILES string of the molecule is COC(=O)c1ccc(C)c(NC(=O)C2(N)CCCCC2)c1.Cl. The van der Waals surface area contributed by atoms with Crippen molar-refractivity contribution in [2.45, 2.75) is 44.6 Å². The zero-order valence-corrected chi connectivity index (χ0v) is 13.8. The monoisotopic (exact) mass is 326 g/mol. The molecule has 22 heavy (non-hydrogen) atoms. The third kappa shape index (κ3) is 3.99. The average molecular weight is 327 g/mol. The summed E-state index contributed by atoms with van der Waals surface area (Å²) >= 11 is 0. The van der Waals surface area contributed by atoms with Gasteiger partial charge in [0.1, 0.15) is 0 Å². The van der Waals surface area contributed by atoms with Gasteiger partial charge in [0.15, 0.2) is 0 Å². The number of amides is 1. The summed E-state index contributed by atoms with van der Waals surface area (Å²) in [7, 11) is 1.33. The molecule has 0 aromatic heterocycles. The molecule has 3 N–H and O–H groups in total. The molecule has 5 nitrogen and oxygen atoms in total. The molecule has 0 unspecified atom stereocenters. The molecule has 0 spiro atoms. The van der Waals surface area contributed by atoms with Gasteiger partial charge in [-0.05, 0) is 37.5 Å². The number of ether oxygens (including phenoxy) is 1. The third-order valence-corrected chi connectivity index (χ3v) is 4.10. The fourth-order valence-corrected chi connectivity index (χ4v) is 2.66. The highest BCUT2D eigenvalue weighted by Gasteiger charge is 2.35. The van der Waals surface area contributed by atoms with Crippen molar-refractivity contribution in [3.05, 3.63) is 29.3 Å². The number of halogens is 1.